The van der Waals surface area contributed by atoms with E-state index in [1.807, 2.05) is 0 Å². The summed E-state index contributed by atoms with van der Waals surface area (Å²) in [5.41, 5.74) is 5.52. The van der Waals surface area contributed by atoms with Crippen LogP contribution < -0.4 is 10.5 Å². The van der Waals surface area contributed by atoms with E-state index in [-0.39, 0.29) is 12.6 Å². The number of aryl methyl sites for hydroxylation is 1. The number of hydrogen-bond donors (Lipinski definition) is 2. The van der Waals surface area contributed by atoms with Gasteiger partial charge in [-0.25, -0.2) is 13.1 Å². The number of thiophene rings is 1. The van der Waals surface area contributed by atoms with Crippen molar-refractivity contribution >= 4 is 21.4 Å². The third kappa shape index (κ3) is 3.74. The molecule has 0 aromatic carbocycles. The van der Waals surface area contributed by atoms with Crippen LogP contribution in [-0.4, -0.2) is 40.9 Å². The molecular formula is C11H18N2O4S2. The Hall–Kier alpha value is -0.510. The molecule has 0 saturated carbocycles. The fourth-order valence-corrected chi connectivity index (χ4v) is 4.40. The Kier molecular flexibility index (Phi) is 4.93. The molecule has 0 amide bonds. The minimum absolute atomic E-state index is 0.218. The number of nitrogens with two attached hydrogens (primary N) is 1. The van der Waals surface area contributed by atoms with Crippen molar-refractivity contribution in [1.29, 1.82) is 0 Å². The molecule has 3 N–H and O–H groups in total. The van der Waals surface area contributed by atoms with Crippen LogP contribution in [-0.2, 0) is 26.0 Å². The SMILES string of the molecule is Cc1sc(CN)cc1S(=O)(=O)NCC1COCCO1. The lowest BCUT2D eigenvalue weighted by atomic mass is 10.3. The van der Waals surface area contributed by atoms with E-state index in [4.69, 9.17) is 15.2 Å². The van der Waals surface area contributed by atoms with Crippen molar-refractivity contribution in [2.45, 2.75) is 24.5 Å². The first-order chi connectivity index (χ1) is 9.03. The van der Waals surface area contributed by atoms with Gasteiger partial charge in [-0.05, 0) is 13.0 Å². The number of nitrogens with one attached hydrogen (secondary N) is 1. The number of ether oxygens (including phenoxy) is 2. The first-order valence-corrected chi connectivity index (χ1v) is 8.31. The monoisotopic (exact) mass is 306 g/mol. The third-order valence-electron chi connectivity index (χ3n) is 2.80. The van der Waals surface area contributed by atoms with Crippen LogP contribution in [0.3, 0.4) is 0 Å². The molecule has 1 saturated heterocycles. The molecule has 1 aromatic rings. The summed E-state index contributed by atoms with van der Waals surface area (Å²) in [6.45, 7) is 3.82. The molecular weight excluding hydrogens is 288 g/mol. The molecule has 2 heterocycles. The van der Waals surface area contributed by atoms with Crippen molar-refractivity contribution in [3.8, 4) is 0 Å². The second-order valence-electron chi connectivity index (χ2n) is 4.26. The predicted molar refractivity (Wildman–Crippen MR) is 72.7 cm³/mol. The highest BCUT2D eigenvalue weighted by molar-refractivity contribution is 7.89. The summed E-state index contributed by atoms with van der Waals surface area (Å²) in [6.07, 6.45) is -0.226. The molecule has 1 atom stereocenters. The van der Waals surface area contributed by atoms with Crippen LogP contribution in [0, 0.1) is 6.92 Å². The van der Waals surface area contributed by atoms with Gasteiger partial charge in [0.25, 0.3) is 0 Å². The lowest BCUT2D eigenvalue weighted by molar-refractivity contribution is -0.0846. The van der Waals surface area contributed by atoms with E-state index in [9.17, 15) is 8.42 Å². The van der Waals surface area contributed by atoms with E-state index in [2.05, 4.69) is 4.72 Å². The van der Waals surface area contributed by atoms with Crippen LogP contribution in [0.4, 0.5) is 0 Å². The highest BCUT2D eigenvalue weighted by atomic mass is 32.2. The molecule has 1 aliphatic rings. The molecule has 6 nitrogen and oxygen atoms in total. The molecule has 108 valence electrons. The van der Waals surface area contributed by atoms with Crippen molar-refractivity contribution in [1.82, 2.24) is 4.72 Å². The molecule has 1 aliphatic heterocycles. The van der Waals surface area contributed by atoms with Gasteiger partial charge >= 0.3 is 0 Å². The minimum Gasteiger partial charge on any atom is -0.376 e. The first-order valence-electron chi connectivity index (χ1n) is 6.01. The Morgan fingerprint density at radius 2 is 2.32 bits per heavy atom. The maximum absolute atomic E-state index is 12.2. The number of rotatable bonds is 5. The Morgan fingerprint density at radius 1 is 1.53 bits per heavy atom. The second kappa shape index (κ2) is 6.29. The van der Waals surface area contributed by atoms with Crippen molar-refractivity contribution in [2.24, 2.45) is 5.73 Å². The van der Waals surface area contributed by atoms with Gasteiger partial charge in [0, 0.05) is 22.8 Å². The van der Waals surface area contributed by atoms with Crippen LogP contribution in [0.2, 0.25) is 0 Å². The standard InChI is InChI=1S/C11H18N2O4S2/c1-8-11(4-10(5-12)18-8)19(14,15)13-6-9-7-16-2-3-17-9/h4,9,13H,2-3,5-7,12H2,1H3. The fraction of sp³-hybridized carbons (Fsp3) is 0.636. The van der Waals surface area contributed by atoms with Gasteiger partial charge in [0.1, 0.15) is 0 Å². The highest BCUT2D eigenvalue weighted by Crippen LogP contribution is 2.25. The summed E-state index contributed by atoms with van der Waals surface area (Å²) in [6, 6.07) is 1.63. The summed E-state index contributed by atoms with van der Waals surface area (Å²) in [7, 11) is -3.51. The van der Waals surface area contributed by atoms with E-state index in [1.54, 1.807) is 13.0 Å². The Balaban J connectivity index is 2.02. The van der Waals surface area contributed by atoms with E-state index in [0.29, 0.717) is 31.3 Å². The van der Waals surface area contributed by atoms with Gasteiger partial charge < -0.3 is 15.2 Å². The maximum atomic E-state index is 12.2. The van der Waals surface area contributed by atoms with Crippen LogP contribution >= 0.6 is 11.3 Å². The molecule has 1 aromatic heterocycles. The van der Waals surface area contributed by atoms with Crippen molar-refractivity contribution < 1.29 is 17.9 Å². The minimum atomic E-state index is -3.51. The Labute approximate surface area is 116 Å². The van der Waals surface area contributed by atoms with Gasteiger partial charge in [0.05, 0.1) is 30.8 Å². The van der Waals surface area contributed by atoms with E-state index in [0.717, 1.165) is 9.75 Å². The lowest BCUT2D eigenvalue weighted by Crippen LogP contribution is -2.39. The average Bonchev–Trinajstić information content (AvgIpc) is 2.80. The predicted octanol–water partition coefficient (Wildman–Crippen LogP) is 0.209. The maximum Gasteiger partial charge on any atom is 0.241 e. The highest BCUT2D eigenvalue weighted by Gasteiger charge is 2.22. The van der Waals surface area contributed by atoms with E-state index >= 15 is 0 Å². The van der Waals surface area contributed by atoms with Gasteiger partial charge in [-0.3, -0.25) is 0 Å². The molecule has 1 unspecified atom stereocenters. The zero-order valence-corrected chi connectivity index (χ0v) is 12.4. The Bertz CT molecular complexity index is 521. The molecule has 0 radical (unpaired) electrons. The molecule has 0 aliphatic carbocycles. The summed E-state index contributed by atoms with van der Waals surface area (Å²) >= 11 is 1.40. The van der Waals surface area contributed by atoms with E-state index < -0.39 is 10.0 Å². The van der Waals surface area contributed by atoms with Gasteiger partial charge in [0.2, 0.25) is 10.0 Å². The summed E-state index contributed by atoms with van der Waals surface area (Å²) in [5, 5.41) is 0. The average molecular weight is 306 g/mol. The summed E-state index contributed by atoms with van der Waals surface area (Å²) < 4.78 is 37.5. The molecule has 1 fully saturated rings. The van der Waals surface area contributed by atoms with Gasteiger partial charge in [-0.15, -0.1) is 11.3 Å². The summed E-state index contributed by atoms with van der Waals surface area (Å²) in [4.78, 5) is 1.90. The largest absolute Gasteiger partial charge is 0.376 e. The van der Waals surface area contributed by atoms with Crippen molar-refractivity contribution in [3.63, 3.8) is 0 Å². The van der Waals surface area contributed by atoms with Gasteiger partial charge in [-0.1, -0.05) is 0 Å². The summed E-state index contributed by atoms with van der Waals surface area (Å²) in [5.74, 6) is 0. The van der Waals surface area contributed by atoms with Crippen LogP contribution in [0.1, 0.15) is 9.75 Å². The molecule has 2 rings (SSSR count). The molecule has 0 bridgehead atoms. The molecule has 0 spiro atoms. The fourth-order valence-electron chi connectivity index (χ4n) is 1.83. The quantitative estimate of drug-likeness (QED) is 0.811. The zero-order chi connectivity index (χ0) is 13.9. The Morgan fingerprint density at radius 3 is 2.89 bits per heavy atom. The third-order valence-corrected chi connectivity index (χ3v) is 5.55. The number of hydrogen-bond acceptors (Lipinski definition) is 6. The van der Waals surface area contributed by atoms with Gasteiger partial charge in [0.15, 0.2) is 0 Å². The normalized spacial score (nSPS) is 20.6. The topological polar surface area (TPSA) is 90.7 Å². The second-order valence-corrected chi connectivity index (χ2v) is 7.33. The zero-order valence-electron chi connectivity index (χ0n) is 10.7. The lowest BCUT2D eigenvalue weighted by Gasteiger charge is -2.23. The van der Waals surface area contributed by atoms with Crippen molar-refractivity contribution in [2.75, 3.05) is 26.4 Å². The van der Waals surface area contributed by atoms with Crippen LogP contribution in [0.15, 0.2) is 11.0 Å². The van der Waals surface area contributed by atoms with Crippen LogP contribution in [0.5, 0.6) is 0 Å². The molecule has 19 heavy (non-hydrogen) atoms. The number of sulfonamides is 1. The van der Waals surface area contributed by atoms with Gasteiger partial charge in [-0.2, -0.15) is 0 Å². The van der Waals surface area contributed by atoms with E-state index in [1.165, 1.54) is 11.3 Å². The first kappa shape index (κ1) is 14.9. The smallest absolute Gasteiger partial charge is 0.241 e. The molecule has 8 heteroatoms. The van der Waals surface area contributed by atoms with Crippen molar-refractivity contribution in [3.05, 3.63) is 15.8 Å². The van der Waals surface area contributed by atoms with Crippen LogP contribution in [0.25, 0.3) is 0 Å².